The number of hydrogen-bond donors (Lipinski definition) is 0. The third kappa shape index (κ3) is 4.32. The number of nitrogens with zero attached hydrogens (tertiary/aromatic N) is 2. The molecule has 1 amide bonds. The van der Waals surface area contributed by atoms with E-state index in [-0.39, 0.29) is 10.8 Å². The molecule has 0 aromatic heterocycles. The van der Waals surface area contributed by atoms with E-state index in [1.165, 1.54) is 4.31 Å². The zero-order chi connectivity index (χ0) is 17.0. The van der Waals surface area contributed by atoms with E-state index in [0.717, 1.165) is 4.47 Å². The maximum atomic E-state index is 12.6. The van der Waals surface area contributed by atoms with Gasteiger partial charge in [-0.05, 0) is 38.1 Å². The van der Waals surface area contributed by atoms with Crippen LogP contribution in [0.5, 0.6) is 0 Å². The minimum atomic E-state index is -3.52. The minimum absolute atomic E-state index is 0.0902. The average Bonchev–Trinajstić information content (AvgIpc) is 2.55. The fraction of sp³-hybridized carbons (Fsp3) is 0.533. The van der Waals surface area contributed by atoms with Gasteiger partial charge in [-0.1, -0.05) is 15.9 Å². The summed E-state index contributed by atoms with van der Waals surface area (Å²) >= 11 is 3.29. The van der Waals surface area contributed by atoms with Gasteiger partial charge in [0.05, 0.1) is 4.90 Å². The molecule has 0 radical (unpaired) electrons. The van der Waals surface area contributed by atoms with Crippen LogP contribution in [0, 0.1) is 0 Å². The van der Waals surface area contributed by atoms with Gasteiger partial charge in [0.2, 0.25) is 10.0 Å². The molecule has 1 saturated heterocycles. The second kappa shape index (κ2) is 7.74. The SMILES string of the molecule is CCOC(C)C(=O)N1CCN(S(=O)(=O)c2ccc(Br)cc2)CC1. The summed E-state index contributed by atoms with van der Waals surface area (Å²) in [7, 11) is -3.52. The van der Waals surface area contributed by atoms with Gasteiger partial charge >= 0.3 is 0 Å². The molecular formula is C15H21BrN2O4S. The maximum Gasteiger partial charge on any atom is 0.251 e. The van der Waals surface area contributed by atoms with Gasteiger partial charge in [-0.3, -0.25) is 4.79 Å². The second-order valence-corrected chi connectivity index (χ2v) is 8.13. The molecular weight excluding hydrogens is 384 g/mol. The normalized spacial score (nSPS) is 18.0. The van der Waals surface area contributed by atoms with Crippen molar-refractivity contribution in [1.82, 2.24) is 9.21 Å². The van der Waals surface area contributed by atoms with Crippen molar-refractivity contribution < 1.29 is 17.9 Å². The number of carbonyl (C=O) groups is 1. The summed E-state index contributed by atoms with van der Waals surface area (Å²) < 4.78 is 32.7. The fourth-order valence-corrected chi connectivity index (χ4v) is 4.17. The van der Waals surface area contributed by atoms with Crippen LogP contribution < -0.4 is 0 Å². The van der Waals surface area contributed by atoms with E-state index >= 15 is 0 Å². The summed E-state index contributed by atoms with van der Waals surface area (Å²) in [5.74, 6) is -0.0902. The first-order chi connectivity index (χ1) is 10.9. The first-order valence-corrected chi connectivity index (χ1v) is 9.75. The van der Waals surface area contributed by atoms with Crippen molar-refractivity contribution in [3.8, 4) is 0 Å². The molecule has 23 heavy (non-hydrogen) atoms. The number of benzene rings is 1. The predicted molar refractivity (Wildman–Crippen MR) is 90.6 cm³/mol. The highest BCUT2D eigenvalue weighted by atomic mass is 79.9. The Morgan fingerprint density at radius 3 is 2.30 bits per heavy atom. The lowest BCUT2D eigenvalue weighted by Gasteiger charge is -2.35. The number of carbonyl (C=O) groups excluding carboxylic acids is 1. The van der Waals surface area contributed by atoms with Gasteiger partial charge in [0.15, 0.2) is 0 Å². The molecule has 128 valence electrons. The van der Waals surface area contributed by atoms with Gasteiger partial charge in [-0.15, -0.1) is 0 Å². The highest BCUT2D eigenvalue weighted by Gasteiger charge is 2.31. The molecule has 0 saturated carbocycles. The van der Waals surface area contributed by atoms with E-state index in [4.69, 9.17) is 4.74 Å². The highest BCUT2D eigenvalue weighted by Crippen LogP contribution is 2.20. The lowest BCUT2D eigenvalue weighted by atomic mass is 10.3. The van der Waals surface area contributed by atoms with Gasteiger partial charge in [0.1, 0.15) is 6.10 Å². The summed E-state index contributed by atoms with van der Waals surface area (Å²) in [6.45, 7) is 5.39. The molecule has 8 heteroatoms. The second-order valence-electron chi connectivity index (χ2n) is 5.28. The Balaban J connectivity index is 2.01. The van der Waals surface area contributed by atoms with Crippen molar-refractivity contribution in [2.45, 2.75) is 24.8 Å². The molecule has 1 fully saturated rings. The molecule has 0 aliphatic carbocycles. The lowest BCUT2D eigenvalue weighted by molar-refractivity contribution is -0.143. The monoisotopic (exact) mass is 404 g/mol. The summed E-state index contributed by atoms with van der Waals surface area (Å²) in [5.41, 5.74) is 0. The zero-order valence-corrected chi connectivity index (χ0v) is 15.6. The highest BCUT2D eigenvalue weighted by molar-refractivity contribution is 9.10. The van der Waals surface area contributed by atoms with Crippen LogP contribution in [0.2, 0.25) is 0 Å². The topological polar surface area (TPSA) is 66.9 Å². The van der Waals surface area contributed by atoms with Crippen LogP contribution in [0.3, 0.4) is 0 Å². The average molecular weight is 405 g/mol. The van der Waals surface area contributed by atoms with Crippen molar-refractivity contribution in [2.75, 3.05) is 32.8 Å². The Bertz CT molecular complexity index is 640. The van der Waals surface area contributed by atoms with Crippen LogP contribution in [0.15, 0.2) is 33.6 Å². The minimum Gasteiger partial charge on any atom is -0.369 e. The van der Waals surface area contributed by atoms with Crippen molar-refractivity contribution in [3.05, 3.63) is 28.7 Å². The Hall–Kier alpha value is -0.960. The summed E-state index contributed by atoms with van der Waals surface area (Å²) in [4.78, 5) is 14.1. The van der Waals surface area contributed by atoms with E-state index in [2.05, 4.69) is 15.9 Å². The lowest BCUT2D eigenvalue weighted by Crippen LogP contribution is -2.52. The largest absolute Gasteiger partial charge is 0.369 e. The standard InChI is InChI=1S/C15H21BrN2O4S/c1-3-22-12(2)15(19)17-8-10-18(11-9-17)23(20,21)14-6-4-13(16)5-7-14/h4-7,12H,3,8-11H2,1-2H3. The van der Waals surface area contributed by atoms with Gasteiger partial charge in [-0.25, -0.2) is 8.42 Å². The molecule has 6 nitrogen and oxygen atoms in total. The molecule has 0 spiro atoms. The van der Waals surface area contributed by atoms with Gasteiger partial charge in [-0.2, -0.15) is 4.31 Å². The third-order valence-corrected chi connectivity index (χ3v) is 6.21. The van der Waals surface area contributed by atoms with Crippen LogP contribution in [0.4, 0.5) is 0 Å². The van der Waals surface area contributed by atoms with E-state index < -0.39 is 16.1 Å². The molecule has 0 bridgehead atoms. The predicted octanol–water partition coefficient (Wildman–Crippen LogP) is 1.71. The Morgan fingerprint density at radius 2 is 1.78 bits per heavy atom. The van der Waals surface area contributed by atoms with Crippen LogP contribution >= 0.6 is 15.9 Å². The number of halogens is 1. The van der Waals surface area contributed by atoms with E-state index in [9.17, 15) is 13.2 Å². The maximum absolute atomic E-state index is 12.6. The molecule has 1 aliphatic heterocycles. The number of ether oxygens (including phenoxy) is 1. The van der Waals surface area contributed by atoms with Crippen LogP contribution in [0.25, 0.3) is 0 Å². The number of rotatable bonds is 5. The summed E-state index contributed by atoms with van der Waals surface area (Å²) in [6, 6.07) is 6.56. The molecule has 1 aromatic carbocycles. The number of piperazine rings is 1. The molecule has 1 aliphatic rings. The van der Waals surface area contributed by atoms with Crippen molar-refractivity contribution in [1.29, 1.82) is 0 Å². The quantitative estimate of drug-likeness (QED) is 0.748. The van der Waals surface area contributed by atoms with Crippen molar-refractivity contribution in [3.63, 3.8) is 0 Å². The van der Waals surface area contributed by atoms with Gasteiger partial charge in [0, 0.05) is 37.3 Å². The van der Waals surface area contributed by atoms with E-state index in [0.29, 0.717) is 32.8 Å². The first kappa shape index (κ1) is 18.4. The number of hydrogen-bond acceptors (Lipinski definition) is 4. The fourth-order valence-electron chi connectivity index (χ4n) is 2.48. The zero-order valence-electron chi connectivity index (χ0n) is 13.2. The molecule has 1 atom stereocenters. The van der Waals surface area contributed by atoms with Gasteiger partial charge in [0.25, 0.3) is 5.91 Å². The van der Waals surface area contributed by atoms with E-state index in [1.807, 2.05) is 6.92 Å². The first-order valence-electron chi connectivity index (χ1n) is 7.52. The molecule has 0 N–H and O–H groups in total. The molecule has 1 unspecified atom stereocenters. The van der Waals surface area contributed by atoms with Crippen LogP contribution in [-0.2, 0) is 19.6 Å². The molecule has 2 rings (SSSR count). The van der Waals surface area contributed by atoms with Crippen molar-refractivity contribution >= 4 is 31.9 Å². The molecule has 1 aromatic rings. The Labute approximate surface area is 145 Å². The Kier molecular flexibility index (Phi) is 6.19. The van der Waals surface area contributed by atoms with Crippen LogP contribution in [-0.4, -0.2) is 62.4 Å². The van der Waals surface area contributed by atoms with Crippen molar-refractivity contribution in [2.24, 2.45) is 0 Å². The van der Waals surface area contributed by atoms with E-state index in [1.54, 1.807) is 36.1 Å². The van der Waals surface area contributed by atoms with Crippen LogP contribution in [0.1, 0.15) is 13.8 Å². The third-order valence-electron chi connectivity index (χ3n) is 3.77. The summed E-state index contributed by atoms with van der Waals surface area (Å²) in [6.07, 6.45) is -0.491. The molecule has 1 heterocycles. The Morgan fingerprint density at radius 1 is 1.22 bits per heavy atom. The van der Waals surface area contributed by atoms with Gasteiger partial charge < -0.3 is 9.64 Å². The summed E-state index contributed by atoms with van der Waals surface area (Å²) in [5, 5.41) is 0. The smallest absolute Gasteiger partial charge is 0.251 e. The number of amides is 1. The number of sulfonamides is 1.